The Kier molecular flexibility index (Phi) is 4.88. The van der Waals surface area contributed by atoms with Crippen LogP contribution in [0.4, 0.5) is 4.79 Å². The Morgan fingerprint density at radius 3 is 2.58 bits per heavy atom. The van der Waals surface area contributed by atoms with E-state index in [1.807, 2.05) is 42.2 Å². The topological polar surface area (TPSA) is 58.4 Å². The van der Waals surface area contributed by atoms with Crippen LogP contribution >= 0.6 is 0 Å². The lowest BCUT2D eigenvalue weighted by molar-refractivity contribution is 0.159. The largest absolute Gasteiger partial charge is 0.467 e. The number of rotatable bonds is 6. The number of urea groups is 1. The van der Waals surface area contributed by atoms with Crippen molar-refractivity contribution in [2.45, 2.75) is 51.7 Å². The number of nitrogens with one attached hydrogen (secondary N) is 1. The molecule has 2 unspecified atom stereocenters. The molecule has 0 radical (unpaired) electrons. The smallest absolute Gasteiger partial charge is 0.318 e. The maximum Gasteiger partial charge on any atom is 0.318 e. The van der Waals surface area contributed by atoms with Gasteiger partial charge in [-0.15, -0.1) is 0 Å². The molecule has 0 saturated heterocycles. The van der Waals surface area contributed by atoms with Crippen molar-refractivity contribution < 1.29 is 9.21 Å². The van der Waals surface area contributed by atoms with Crippen LogP contribution in [0.25, 0.3) is 0 Å². The molecule has 0 bridgehead atoms. The van der Waals surface area contributed by atoms with Gasteiger partial charge in [-0.05, 0) is 49.9 Å². The molecule has 2 aromatic heterocycles. The molecule has 5 heteroatoms. The predicted octanol–water partition coefficient (Wildman–Crippen LogP) is 4.31. The summed E-state index contributed by atoms with van der Waals surface area (Å²) in [6.45, 7) is 6.20. The molecule has 1 N–H and O–H groups in total. The molecular formula is C19H25N3O2. The SMILES string of the molecule is CC(C)C(NC(=O)N(C1CC1)C(C)c1ccco1)c1ccccn1. The summed E-state index contributed by atoms with van der Waals surface area (Å²) in [5, 5.41) is 3.18. The number of carbonyl (C=O) groups excluding carboxylic acids is 1. The number of pyridine rings is 1. The number of amides is 2. The van der Waals surface area contributed by atoms with E-state index in [1.54, 1.807) is 12.5 Å². The van der Waals surface area contributed by atoms with Gasteiger partial charge in [-0.25, -0.2) is 4.79 Å². The fourth-order valence-corrected chi connectivity index (χ4v) is 3.03. The fraction of sp³-hybridized carbons (Fsp3) is 0.474. The van der Waals surface area contributed by atoms with Crippen LogP contribution in [0.5, 0.6) is 0 Å². The van der Waals surface area contributed by atoms with E-state index in [2.05, 4.69) is 24.1 Å². The zero-order valence-corrected chi connectivity index (χ0v) is 14.5. The number of hydrogen-bond donors (Lipinski definition) is 1. The molecule has 2 aromatic rings. The third kappa shape index (κ3) is 3.61. The van der Waals surface area contributed by atoms with E-state index in [0.717, 1.165) is 24.3 Å². The van der Waals surface area contributed by atoms with Crippen LogP contribution in [0.1, 0.15) is 57.2 Å². The zero-order chi connectivity index (χ0) is 17.1. The molecule has 2 heterocycles. The second kappa shape index (κ2) is 7.07. The first-order valence-corrected chi connectivity index (χ1v) is 8.61. The normalized spacial score (nSPS) is 16.7. The van der Waals surface area contributed by atoms with Gasteiger partial charge < -0.3 is 14.6 Å². The summed E-state index contributed by atoms with van der Waals surface area (Å²) in [5.74, 6) is 1.07. The number of aromatic nitrogens is 1. The Morgan fingerprint density at radius 2 is 2.04 bits per heavy atom. The van der Waals surface area contributed by atoms with Crippen molar-refractivity contribution in [1.82, 2.24) is 15.2 Å². The number of furan rings is 1. The van der Waals surface area contributed by atoms with Gasteiger partial charge in [0.2, 0.25) is 0 Å². The standard InChI is InChI=1S/C19H25N3O2/c1-13(2)18(16-7-4-5-11-20-16)21-19(23)22(15-9-10-15)14(3)17-8-6-12-24-17/h4-8,11-15,18H,9-10H2,1-3H3,(H,21,23). The van der Waals surface area contributed by atoms with Gasteiger partial charge in [0.15, 0.2) is 0 Å². The zero-order valence-electron chi connectivity index (χ0n) is 14.5. The van der Waals surface area contributed by atoms with E-state index in [4.69, 9.17) is 4.42 Å². The van der Waals surface area contributed by atoms with E-state index < -0.39 is 0 Å². The van der Waals surface area contributed by atoms with Gasteiger partial charge in [0, 0.05) is 12.2 Å². The molecule has 0 aliphatic heterocycles. The Balaban J connectivity index is 1.77. The van der Waals surface area contributed by atoms with Gasteiger partial charge in [-0.3, -0.25) is 4.98 Å². The first-order chi connectivity index (χ1) is 11.6. The molecule has 24 heavy (non-hydrogen) atoms. The van der Waals surface area contributed by atoms with E-state index in [9.17, 15) is 4.79 Å². The van der Waals surface area contributed by atoms with Gasteiger partial charge >= 0.3 is 6.03 Å². The van der Waals surface area contributed by atoms with Crippen molar-refractivity contribution in [2.24, 2.45) is 5.92 Å². The van der Waals surface area contributed by atoms with Crippen molar-refractivity contribution in [3.05, 3.63) is 54.2 Å². The molecule has 1 saturated carbocycles. The molecule has 3 rings (SSSR count). The third-order valence-electron chi connectivity index (χ3n) is 4.50. The minimum Gasteiger partial charge on any atom is -0.467 e. The maximum atomic E-state index is 13.0. The molecular weight excluding hydrogens is 302 g/mol. The van der Waals surface area contributed by atoms with E-state index >= 15 is 0 Å². The van der Waals surface area contributed by atoms with E-state index in [1.165, 1.54) is 0 Å². The van der Waals surface area contributed by atoms with Crippen LogP contribution in [0.2, 0.25) is 0 Å². The van der Waals surface area contributed by atoms with Gasteiger partial charge in [0.1, 0.15) is 5.76 Å². The molecule has 2 amide bonds. The van der Waals surface area contributed by atoms with Crippen molar-refractivity contribution >= 4 is 6.03 Å². The summed E-state index contributed by atoms with van der Waals surface area (Å²) in [6.07, 6.45) is 5.52. The summed E-state index contributed by atoms with van der Waals surface area (Å²) in [5.41, 5.74) is 0.891. The summed E-state index contributed by atoms with van der Waals surface area (Å²) in [6, 6.07) is 9.64. The van der Waals surface area contributed by atoms with Crippen LogP contribution < -0.4 is 5.32 Å². The molecule has 1 aliphatic rings. The summed E-state index contributed by atoms with van der Waals surface area (Å²) in [7, 11) is 0. The van der Waals surface area contributed by atoms with E-state index in [0.29, 0.717) is 6.04 Å². The quantitative estimate of drug-likeness (QED) is 0.860. The lowest BCUT2D eigenvalue weighted by Gasteiger charge is -2.31. The van der Waals surface area contributed by atoms with Gasteiger partial charge in [0.25, 0.3) is 0 Å². The Bertz CT molecular complexity index is 651. The van der Waals surface area contributed by atoms with Crippen LogP contribution in [-0.2, 0) is 0 Å². The van der Waals surface area contributed by atoms with Crippen LogP contribution in [0.3, 0.4) is 0 Å². The second-order valence-electron chi connectivity index (χ2n) is 6.76. The Hall–Kier alpha value is -2.30. The maximum absolute atomic E-state index is 13.0. The number of carbonyl (C=O) groups is 1. The molecule has 0 spiro atoms. The monoisotopic (exact) mass is 327 g/mol. The first-order valence-electron chi connectivity index (χ1n) is 8.61. The average Bonchev–Trinajstić information content (AvgIpc) is 3.25. The molecule has 128 valence electrons. The number of hydrogen-bond acceptors (Lipinski definition) is 3. The first kappa shape index (κ1) is 16.6. The van der Waals surface area contributed by atoms with Crippen molar-refractivity contribution in [1.29, 1.82) is 0 Å². The molecule has 5 nitrogen and oxygen atoms in total. The van der Waals surface area contributed by atoms with Crippen LogP contribution in [-0.4, -0.2) is 22.0 Å². The van der Waals surface area contributed by atoms with Crippen molar-refractivity contribution in [3.63, 3.8) is 0 Å². The van der Waals surface area contributed by atoms with Crippen LogP contribution in [0.15, 0.2) is 47.2 Å². The van der Waals surface area contributed by atoms with Crippen LogP contribution in [0, 0.1) is 5.92 Å². The molecule has 1 aliphatic carbocycles. The lowest BCUT2D eigenvalue weighted by Crippen LogP contribution is -2.45. The van der Waals surface area contributed by atoms with Gasteiger partial charge in [-0.2, -0.15) is 0 Å². The Labute approximate surface area is 143 Å². The fourth-order valence-electron chi connectivity index (χ4n) is 3.03. The highest BCUT2D eigenvalue weighted by atomic mass is 16.3. The average molecular weight is 327 g/mol. The summed E-state index contributed by atoms with van der Waals surface area (Å²) in [4.78, 5) is 19.3. The summed E-state index contributed by atoms with van der Waals surface area (Å²) >= 11 is 0. The van der Waals surface area contributed by atoms with Gasteiger partial charge in [-0.1, -0.05) is 19.9 Å². The van der Waals surface area contributed by atoms with Gasteiger partial charge in [0.05, 0.1) is 24.0 Å². The Morgan fingerprint density at radius 1 is 1.25 bits per heavy atom. The third-order valence-corrected chi connectivity index (χ3v) is 4.50. The number of nitrogens with zero attached hydrogens (tertiary/aromatic N) is 2. The highest BCUT2D eigenvalue weighted by Gasteiger charge is 2.38. The van der Waals surface area contributed by atoms with Crippen molar-refractivity contribution in [2.75, 3.05) is 0 Å². The minimum absolute atomic E-state index is 0.0502. The molecule has 0 aromatic carbocycles. The molecule has 1 fully saturated rings. The summed E-state index contributed by atoms with van der Waals surface area (Å²) < 4.78 is 5.51. The minimum atomic E-state index is -0.108. The second-order valence-corrected chi connectivity index (χ2v) is 6.76. The van der Waals surface area contributed by atoms with E-state index in [-0.39, 0.29) is 24.0 Å². The lowest BCUT2D eigenvalue weighted by atomic mass is 10.0. The highest BCUT2D eigenvalue weighted by Crippen LogP contribution is 2.35. The van der Waals surface area contributed by atoms with Crippen molar-refractivity contribution in [3.8, 4) is 0 Å². The highest BCUT2D eigenvalue weighted by molar-refractivity contribution is 5.76. The molecule has 2 atom stereocenters. The predicted molar refractivity (Wildman–Crippen MR) is 92.3 cm³/mol.